The van der Waals surface area contributed by atoms with Gasteiger partial charge in [-0.25, -0.2) is 14.8 Å². The molecule has 1 saturated heterocycles. The van der Waals surface area contributed by atoms with Gasteiger partial charge in [0.1, 0.15) is 18.0 Å². The van der Waals surface area contributed by atoms with Crippen molar-refractivity contribution in [2.24, 2.45) is 0 Å². The summed E-state index contributed by atoms with van der Waals surface area (Å²) >= 11 is 0. The average Bonchev–Trinajstić information content (AvgIpc) is 2.56. The maximum atomic E-state index is 11.3. The van der Waals surface area contributed by atoms with Crippen molar-refractivity contribution in [2.75, 3.05) is 43.4 Å². The van der Waals surface area contributed by atoms with Crippen LogP contribution < -0.4 is 10.2 Å². The Kier molecular flexibility index (Phi) is 4.38. The molecule has 1 aromatic carbocycles. The number of carbonyl (C=O) groups is 1. The monoisotopic (exact) mass is 313 g/mol. The standard InChI is InChI=1S/C16H19N5O2/c1-20-6-8-21(9-7-20)15-10-14(17-11-18-15)19-13-5-3-2-4-12(13)16(22)23/h2-5,10-11H,6-9H2,1H3,(H,22,23)(H,17,18,19). The van der Waals surface area contributed by atoms with Crippen LogP contribution in [0.1, 0.15) is 10.4 Å². The number of benzene rings is 1. The minimum atomic E-state index is -0.971. The number of piperazine rings is 1. The Balaban J connectivity index is 1.79. The molecular weight excluding hydrogens is 294 g/mol. The molecule has 0 radical (unpaired) electrons. The summed E-state index contributed by atoms with van der Waals surface area (Å²) in [5.74, 6) is 0.465. The lowest BCUT2D eigenvalue weighted by Crippen LogP contribution is -2.44. The summed E-state index contributed by atoms with van der Waals surface area (Å²) in [5.41, 5.74) is 0.732. The van der Waals surface area contributed by atoms with Gasteiger partial charge in [0.05, 0.1) is 11.3 Å². The first kappa shape index (κ1) is 15.2. The van der Waals surface area contributed by atoms with Crippen LogP contribution in [-0.2, 0) is 0 Å². The molecule has 0 bridgehead atoms. The zero-order valence-electron chi connectivity index (χ0n) is 12.9. The number of hydrogen-bond acceptors (Lipinski definition) is 6. The molecule has 3 rings (SSSR count). The molecule has 0 unspecified atom stereocenters. The van der Waals surface area contributed by atoms with Crippen molar-refractivity contribution in [1.29, 1.82) is 0 Å². The van der Waals surface area contributed by atoms with Crippen LogP contribution in [0.15, 0.2) is 36.7 Å². The summed E-state index contributed by atoms with van der Waals surface area (Å²) in [6.45, 7) is 3.82. The molecule has 23 heavy (non-hydrogen) atoms. The minimum Gasteiger partial charge on any atom is -0.478 e. The molecule has 2 heterocycles. The van der Waals surface area contributed by atoms with Crippen LogP contribution >= 0.6 is 0 Å². The molecular formula is C16H19N5O2. The van der Waals surface area contributed by atoms with Crippen LogP contribution in [0.3, 0.4) is 0 Å². The van der Waals surface area contributed by atoms with E-state index in [0.29, 0.717) is 11.5 Å². The van der Waals surface area contributed by atoms with E-state index in [0.717, 1.165) is 32.0 Å². The van der Waals surface area contributed by atoms with Crippen molar-refractivity contribution in [3.8, 4) is 0 Å². The van der Waals surface area contributed by atoms with E-state index in [4.69, 9.17) is 0 Å². The van der Waals surface area contributed by atoms with Crippen molar-refractivity contribution >= 4 is 23.3 Å². The third-order valence-electron chi connectivity index (χ3n) is 3.90. The highest BCUT2D eigenvalue weighted by Crippen LogP contribution is 2.22. The molecule has 2 aromatic rings. The Morgan fingerprint density at radius 1 is 1.17 bits per heavy atom. The molecule has 0 aliphatic carbocycles. The number of rotatable bonds is 4. The van der Waals surface area contributed by atoms with Crippen molar-refractivity contribution in [3.63, 3.8) is 0 Å². The summed E-state index contributed by atoms with van der Waals surface area (Å²) in [7, 11) is 2.10. The summed E-state index contributed by atoms with van der Waals surface area (Å²) in [6.07, 6.45) is 1.50. The Hall–Kier alpha value is -2.67. The first-order valence-electron chi connectivity index (χ1n) is 7.48. The van der Waals surface area contributed by atoms with Gasteiger partial charge in [0.2, 0.25) is 0 Å². The second-order valence-corrected chi connectivity index (χ2v) is 5.53. The third-order valence-corrected chi connectivity index (χ3v) is 3.90. The number of nitrogens with zero attached hydrogens (tertiary/aromatic N) is 4. The number of nitrogens with one attached hydrogen (secondary N) is 1. The lowest BCUT2D eigenvalue weighted by Gasteiger charge is -2.33. The highest BCUT2D eigenvalue weighted by atomic mass is 16.4. The van der Waals surface area contributed by atoms with E-state index >= 15 is 0 Å². The Labute approximate surface area is 134 Å². The van der Waals surface area contributed by atoms with Crippen LogP contribution in [0, 0.1) is 0 Å². The van der Waals surface area contributed by atoms with Gasteiger partial charge in [-0.1, -0.05) is 12.1 Å². The number of aromatic nitrogens is 2. The minimum absolute atomic E-state index is 0.215. The predicted molar refractivity (Wildman–Crippen MR) is 88.4 cm³/mol. The Bertz CT molecular complexity index is 698. The number of para-hydroxylation sites is 1. The molecule has 7 heteroatoms. The molecule has 1 aromatic heterocycles. The van der Waals surface area contributed by atoms with Gasteiger partial charge in [0.25, 0.3) is 0 Å². The molecule has 1 aliphatic rings. The van der Waals surface area contributed by atoms with Gasteiger partial charge < -0.3 is 20.2 Å². The van der Waals surface area contributed by atoms with E-state index in [9.17, 15) is 9.90 Å². The van der Waals surface area contributed by atoms with E-state index < -0.39 is 5.97 Å². The molecule has 120 valence electrons. The summed E-state index contributed by atoms with van der Waals surface area (Å²) < 4.78 is 0. The molecule has 0 atom stereocenters. The number of anilines is 3. The third kappa shape index (κ3) is 3.57. The highest BCUT2D eigenvalue weighted by Gasteiger charge is 2.16. The maximum absolute atomic E-state index is 11.3. The van der Waals surface area contributed by atoms with Gasteiger partial charge in [-0.05, 0) is 19.2 Å². The molecule has 0 amide bonds. The number of carboxylic acids is 1. The van der Waals surface area contributed by atoms with Gasteiger partial charge in [-0.2, -0.15) is 0 Å². The SMILES string of the molecule is CN1CCN(c2cc(Nc3ccccc3C(=O)O)ncn2)CC1. The number of aromatic carboxylic acids is 1. The Morgan fingerprint density at radius 2 is 1.91 bits per heavy atom. The average molecular weight is 313 g/mol. The van der Waals surface area contributed by atoms with Crippen molar-refractivity contribution < 1.29 is 9.90 Å². The van der Waals surface area contributed by atoms with E-state index in [1.165, 1.54) is 6.33 Å². The normalized spacial score (nSPS) is 15.4. The zero-order valence-corrected chi connectivity index (χ0v) is 12.9. The van der Waals surface area contributed by atoms with E-state index in [1.54, 1.807) is 24.3 Å². The molecule has 0 spiro atoms. The molecule has 1 fully saturated rings. The van der Waals surface area contributed by atoms with Crippen molar-refractivity contribution in [1.82, 2.24) is 14.9 Å². The van der Waals surface area contributed by atoms with Gasteiger partial charge in [0.15, 0.2) is 0 Å². The van der Waals surface area contributed by atoms with Crippen molar-refractivity contribution in [2.45, 2.75) is 0 Å². The van der Waals surface area contributed by atoms with Gasteiger partial charge in [0, 0.05) is 32.2 Å². The topological polar surface area (TPSA) is 81.6 Å². The predicted octanol–water partition coefficient (Wildman–Crippen LogP) is 1.67. The van der Waals surface area contributed by atoms with E-state index in [1.807, 2.05) is 6.07 Å². The lowest BCUT2D eigenvalue weighted by molar-refractivity contribution is 0.0698. The fraction of sp³-hybridized carbons (Fsp3) is 0.312. The molecule has 7 nitrogen and oxygen atoms in total. The summed E-state index contributed by atoms with van der Waals surface area (Å²) in [4.78, 5) is 24.3. The maximum Gasteiger partial charge on any atom is 0.337 e. The lowest BCUT2D eigenvalue weighted by atomic mass is 10.2. The van der Waals surface area contributed by atoms with Crippen LogP contribution in [0.25, 0.3) is 0 Å². The van der Waals surface area contributed by atoms with Gasteiger partial charge >= 0.3 is 5.97 Å². The largest absolute Gasteiger partial charge is 0.478 e. The quantitative estimate of drug-likeness (QED) is 0.888. The van der Waals surface area contributed by atoms with Crippen molar-refractivity contribution in [3.05, 3.63) is 42.2 Å². The summed E-state index contributed by atoms with van der Waals surface area (Å²) in [6, 6.07) is 8.62. The van der Waals surface area contributed by atoms with Crippen LogP contribution in [-0.4, -0.2) is 59.2 Å². The number of carboxylic acid groups (broad SMARTS) is 1. The van der Waals surface area contributed by atoms with Crippen LogP contribution in [0.2, 0.25) is 0 Å². The van der Waals surface area contributed by atoms with Gasteiger partial charge in [-0.15, -0.1) is 0 Å². The molecule has 0 saturated carbocycles. The molecule has 1 aliphatic heterocycles. The Morgan fingerprint density at radius 3 is 2.65 bits per heavy atom. The highest BCUT2D eigenvalue weighted by molar-refractivity contribution is 5.95. The van der Waals surface area contributed by atoms with Crippen LogP contribution in [0.4, 0.5) is 17.3 Å². The second-order valence-electron chi connectivity index (χ2n) is 5.53. The first-order chi connectivity index (χ1) is 11.1. The number of likely N-dealkylation sites (N-methyl/N-ethyl adjacent to an activating group) is 1. The first-order valence-corrected chi connectivity index (χ1v) is 7.48. The van der Waals surface area contributed by atoms with Crippen LogP contribution in [0.5, 0.6) is 0 Å². The fourth-order valence-electron chi connectivity index (χ4n) is 2.54. The molecule has 2 N–H and O–H groups in total. The van der Waals surface area contributed by atoms with E-state index in [2.05, 4.69) is 32.1 Å². The second kappa shape index (κ2) is 6.62. The zero-order chi connectivity index (χ0) is 16.2. The number of hydrogen-bond donors (Lipinski definition) is 2. The smallest absolute Gasteiger partial charge is 0.337 e. The fourth-order valence-corrected chi connectivity index (χ4v) is 2.54. The summed E-state index contributed by atoms with van der Waals surface area (Å²) in [5, 5.41) is 12.3. The van der Waals surface area contributed by atoms with E-state index in [-0.39, 0.29) is 5.56 Å². The van der Waals surface area contributed by atoms with Gasteiger partial charge in [-0.3, -0.25) is 0 Å².